The molecule has 1 aliphatic rings. The van der Waals surface area contributed by atoms with E-state index in [2.05, 4.69) is 4.57 Å². The van der Waals surface area contributed by atoms with Gasteiger partial charge in [0.25, 0.3) is 5.91 Å². The molecule has 1 aromatic heterocycles. The Bertz CT molecular complexity index is 830. The third-order valence-corrected chi connectivity index (χ3v) is 5.22. The Morgan fingerprint density at radius 2 is 1.96 bits per heavy atom. The van der Waals surface area contributed by atoms with Crippen LogP contribution >= 0.6 is 0 Å². The van der Waals surface area contributed by atoms with Gasteiger partial charge >= 0.3 is 0 Å². The molecule has 146 valence electrons. The molecule has 0 bridgehead atoms. The third-order valence-electron chi connectivity index (χ3n) is 5.22. The van der Waals surface area contributed by atoms with Crippen LogP contribution in [0.15, 0.2) is 30.5 Å². The highest BCUT2D eigenvalue weighted by molar-refractivity contribution is 6.07. The van der Waals surface area contributed by atoms with Gasteiger partial charge < -0.3 is 19.1 Å². The van der Waals surface area contributed by atoms with Gasteiger partial charge in [-0.1, -0.05) is 18.2 Å². The van der Waals surface area contributed by atoms with Gasteiger partial charge in [-0.25, -0.2) is 0 Å². The summed E-state index contributed by atoms with van der Waals surface area (Å²) in [6.07, 6.45) is 1.91. The molecule has 1 saturated heterocycles. The summed E-state index contributed by atoms with van der Waals surface area (Å²) in [5, 5.41) is 0.938. The first-order valence-corrected chi connectivity index (χ1v) is 9.21. The Hall–Kier alpha value is -2.38. The molecule has 0 radical (unpaired) electrons. The van der Waals surface area contributed by atoms with Crippen molar-refractivity contribution >= 4 is 22.7 Å². The van der Waals surface area contributed by atoms with Crippen molar-refractivity contribution in [2.45, 2.75) is 12.6 Å². The first kappa shape index (κ1) is 19.4. The summed E-state index contributed by atoms with van der Waals surface area (Å²) in [5.41, 5.74) is 1.70. The maximum Gasteiger partial charge on any atom is 0.256 e. The fourth-order valence-electron chi connectivity index (χ4n) is 3.59. The van der Waals surface area contributed by atoms with Gasteiger partial charge in [0.05, 0.1) is 12.2 Å². The number of hydrogen-bond acceptors (Lipinski definition) is 4. The molecule has 1 aromatic carbocycles. The summed E-state index contributed by atoms with van der Waals surface area (Å²) in [6, 6.07) is 7.61. The topological polar surface area (TPSA) is 58.0 Å². The Morgan fingerprint density at radius 3 is 2.67 bits per heavy atom. The minimum absolute atomic E-state index is 0.0213. The molecule has 2 amide bonds. The highest BCUT2D eigenvalue weighted by Crippen LogP contribution is 2.24. The van der Waals surface area contributed by atoms with E-state index in [0.29, 0.717) is 38.3 Å². The van der Waals surface area contributed by atoms with Gasteiger partial charge in [0.15, 0.2) is 0 Å². The molecular weight excluding hydrogens is 344 g/mol. The number of piperazine rings is 1. The molecule has 7 heteroatoms. The summed E-state index contributed by atoms with van der Waals surface area (Å²) < 4.78 is 7.25. The van der Waals surface area contributed by atoms with Gasteiger partial charge in [-0.3, -0.25) is 14.5 Å². The van der Waals surface area contributed by atoms with Crippen LogP contribution in [-0.4, -0.2) is 91.6 Å². The summed E-state index contributed by atoms with van der Waals surface area (Å²) in [6.45, 7) is 2.97. The summed E-state index contributed by atoms with van der Waals surface area (Å²) in [7, 11) is 7.11. The van der Waals surface area contributed by atoms with Crippen LogP contribution in [0.3, 0.4) is 0 Å². The molecule has 2 aromatic rings. The lowest BCUT2D eigenvalue weighted by Crippen LogP contribution is -2.58. The molecule has 0 N–H and O–H groups in total. The van der Waals surface area contributed by atoms with E-state index in [1.807, 2.05) is 42.4 Å². The first-order chi connectivity index (χ1) is 12.9. The smallest absolute Gasteiger partial charge is 0.256 e. The number of para-hydroxylation sites is 1. The standard InChI is InChI=1S/C20H28N4O3/c1-21(2)20(26)18-14-24(10-9-22(18)3)19(25)16-13-23(11-12-27-4)17-8-6-5-7-15(16)17/h5-8,13,18H,9-12,14H2,1-4H3/t18-/m0/s1. The number of nitrogens with zero attached hydrogens (tertiary/aromatic N) is 4. The number of fused-ring (bicyclic) bond motifs is 1. The fourth-order valence-corrected chi connectivity index (χ4v) is 3.59. The van der Waals surface area contributed by atoms with E-state index in [4.69, 9.17) is 4.74 Å². The first-order valence-electron chi connectivity index (χ1n) is 9.21. The monoisotopic (exact) mass is 372 g/mol. The Balaban J connectivity index is 1.88. The quantitative estimate of drug-likeness (QED) is 0.790. The van der Waals surface area contributed by atoms with Gasteiger partial charge in [0, 0.05) is 64.5 Å². The molecule has 0 spiro atoms. The third kappa shape index (κ3) is 3.84. The summed E-state index contributed by atoms with van der Waals surface area (Å²) >= 11 is 0. The molecule has 0 saturated carbocycles. The SMILES string of the molecule is COCCn1cc(C(=O)N2CCN(C)[C@H](C(=O)N(C)C)C2)c2ccccc21. The van der Waals surface area contributed by atoms with E-state index in [1.54, 1.807) is 31.0 Å². The van der Waals surface area contributed by atoms with Crippen molar-refractivity contribution in [1.82, 2.24) is 19.3 Å². The molecule has 1 fully saturated rings. The number of carbonyl (C=O) groups is 2. The van der Waals surface area contributed by atoms with Gasteiger partial charge in [-0.05, 0) is 13.1 Å². The van der Waals surface area contributed by atoms with Crippen molar-refractivity contribution in [2.24, 2.45) is 0 Å². The predicted molar refractivity (Wildman–Crippen MR) is 105 cm³/mol. The minimum Gasteiger partial charge on any atom is -0.383 e. The molecule has 0 aliphatic carbocycles. The minimum atomic E-state index is -0.306. The van der Waals surface area contributed by atoms with E-state index >= 15 is 0 Å². The van der Waals surface area contributed by atoms with Crippen molar-refractivity contribution in [1.29, 1.82) is 0 Å². The van der Waals surface area contributed by atoms with Gasteiger partial charge in [-0.15, -0.1) is 0 Å². The maximum absolute atomic E-state index is 13.3. The second kappa shape index (κ2) is 8.10. The number of hydrogen-bond donors (Lipinski definition) is 0. The molecule has 2 heterocycles. The fraction of sp³-hybridized carbons (Fsp3) is 0.500. The Morgan fingerprint density at radius 1 is 1.22 bits per heavy atom. The zero-order valence-electron chi connectivity index (χ0n) is 16.5. The zero-order chi connectivity index (χ0) is 19.6. The normalized spacial score (nSPS) is 18.1. The largest absolute Gasteiger partial charge is 0.383 e. The average Bonchev–Trinajstić information content (AvgIpc) is 3.04. The van der Waals surface area contributed by atoms with Gasteiger partial charge in [0.1, 0.15) is 6.04 Å². The second-order valence-corrected chi connectivity index (χ2v) is 7.23. The van der Waals surface area contributed by atoms with Gasteiger partial charge in [-0.2, -0.15) is 0 Å². The lowest BCUT2D eigenvalue weighted by molar-refractivity contribution is -0.135. The molecular formula is C20H28N4O3. The van der Waals surface area contributed by atoms with Gasteiger partial charge in [0.2, 0.25) is 5.91 Å². The number of carbonyl (C=O) groups excluding carboxylic acids is 2. The number of likely N-dealkylation sites (N-methyl/N-ethyl adjacent to an activating group) is 2. The van der Waals surface area contributed by atoms with Crippen LogP contribution in [0.5, 0.6) is 0 Å². The van der Waals surface area contributed by atoms with Crippen molar-refractivity contribution in [3.8, 4) is 0 Å². The van der Waals surface area contributed by atoms with Crippen molar-refractivity contribution in [3.05, 3.63) is 36.0 Å². The van der Waals surface area contributed by atoms with E-state index in [1.165, 1.54) is 0 Å². The lowest BCUT2D eigenvalue weighted by atomic mass is 10.1. The van der Waals surface area contributed by atoms with Crippen LogP contribution in [0.25, 0.3) is 10.9 Å². The van der Waals surface area contributed by atoms with Crippen LogP contribution in [0, 0.1) is 0 Å². The number of amides is 2. The van der Waals surface area contributed by atoms with Crippen LogP contribution in [-0.2, 0) is 16.1 Å². The van der Waals surface area contributed by atoms with Crippen LogP contribution in [0.2, 0.25) is 0 Å². The molecule has 27 heavy (non-hydrogen) atoms. The van der Waals surface area contributed by atoms with Crippen LogP contribution < -0.4 is 0 Å². The summed E-state index contributed by atoms with van der Waals surface area (Å²) in [5.74, 6) is 0.00421. The van der Waals surface area contributed by atoms with Crippen molar-refractivity contribution in [3.63, 3.8) is 0 Å². The van der Waals surface area contributed by atoms with E-state index in [0.717, 1.165) is 10.9 Å². The number of benzene rings is 1. The average molecular weight is 372 g/mol. The predicted octanol–water partition coefficient (Wildman–Crippen LogP) is 1.13. The highest BCUT2D eigenvalue weighted by atomic mass is 16.5. The zero-order valence-corrected chi connectivity index (χ0v) is 16.5. The second-order valence-electron chi connectivity index (χ2n) is 7.23. The van der Waals surface area contributed by atoms with E-state index in [-0.39, 0.29) is 17.9 Å². The number of ether oxygens (including phenoxy) is 1. The molecule has 1 atom stereocenters. The number of methoxy groups -OCH3 is 1. The Labute approximate surface area is 160 Å². The number of aromatic nitrogens is 1. The van der Waals surface area contributed by atoms with Crippen LogP contribution in [0.4, 0.5) is 0 Å². The van der Waals surface area contributed by atoms with Crippen molar-refractivity contribution < 1.29 is 14.3 Å². The maximum atomic E-state index is 13.3. The summed E-state index contributed by atoms with van der Waals surface area (Å²) in [4.78, 5) is 31.2. The molecule has 1 aliphatic heterocycles. The Kier molecular flexibility index (Phi) is 5.82. The van der Waals surface area contributed by atoms with Crippen molar-refractivity contribution in [2.75, 3.05) is 54.5 Å². The molecule has 0 unspecified atom stereocenters. The number of rotatable bonds is 5. The highest BCUT2D eigenvalue weighted by Gasteiger charge is 2.34. The lowest BCUT2D eigenvalue weighted by Gasteiger charge is -2.39. The van der Waals surface area contributed by atoms with Crippen LogP contribution in [0.1, 0.15) is 10.4 Å². The van der Waals surface area contributed by atoms with E-state index < -0.39 is 0 Å². The molecule has 7 nitrogen and oxygen atoms in total. The molecule has 3 rings (SSSR count). The van der Waals surface area contributed by atoms with E-state index in [9.17, 15) is 9.59 Å².